The second-order valence-corrected chi connectivity index (χ2v) is 6.72. The number of rotatable bonds is 2. The Morgan fingerprint density at radius 1 is 1.39 bits per heavy atom. The van der Waals surface area contributed by atoms with Gasteiger partial charge in [-0.25, -0.2) is 13.4 Å². The molecular formula is C13H13FN4O4S. The van der Waals surface area contributed by atoms with Gasteiger partial charge in [0.2, 0.25) is 0 Å². The van der Waals surface area contributed by atoms with Crippen molar-refractivity contribution in [1.29, 1.82) is 0 Å². The first-order chi connectivity index (χ1) is 10.7. The molecule has 10 heteroatoms. The number of hydrogen-bond donors (Lipinski definition) is 2. The second kappa shape index (κ2) is 4.95. The fraction of sp³-hybridized carbons (Fsp3) is 0.231. The summed E-state index contributed by atoms with van der Waals surface area (Å²) in [6.07, 6.45) is 0. The summed E-state index contributed by atoms with van der Waals surface area (Å²) < 4.78 is 42.4. The van der Waals surface area contributed by atoms with E-state index in [9.17, 15) is 22.7 Å². The molecule has 2 N–H and O–H groups in total. The molecule has 122 valence electrons. The molecule has 0 aliphatic carbocycles. The van der Waals surface area contributed by atoms with Crippen LogP contribution in [0.15, 0.2) is 18.2 Å². The molecule has 1 saturated heterocycles. The number of amides is 1. The maximum atomic E-state index is 14.8. The van der Waals surface area contributed by atoms with Crippen molar-refractivity contribution < 1.29 is 22.7 Å². The van der Waals surface area contributed by atoms with Crippen LogP contribution in [-0.2, 0) is 22.1 Å². The molecule has 23 heavy (non-hydrogen) atoms. The Bertz CT molecular complexity index is 903. The van der Waals surface area contributed by atoms with E-state index in [4.69, 9.17) is 0 Å². The lowest BCUT2D eigenvalue weighted by Crippen LogP contribution is -2.30. The zero-order chi connectivity index (χ0) is 16.9. The van der Waals surface area contributed by atoms with E-state index in [0.29, 0.717) is 10.00 Å². The lowest BCUT2D eigenvalue weighted by Gasteiger charge is -2.18. The molecule has 0 spiro atoms. The first kappa shape index (κ1) is 15.3. The van der Waals surface area contributed by atoms with Crippen molar-refractivity contribution in [2.24, 2.45) is 7.05 Å². The van der Waals surface area contributed by atoms with Gasteiger partial charge < -0.3 is 5.11 Å². The van der Waals surface area contributed by atoms with E-state index in [1.54, 1.807) is 29.4 Å². The van der Waals surface area contributed by atoms with Crippen LogP contribution in [0.2, 0.25) is 0 Å². The number of aryl methyl sites for hydroxylation is 2. The number of phenolic OH excluding ortho intramolecular Hbond substituents is 1. The van der Waals surface area contributed by atoms with Crippen LogP contribution in [0.3, 0.4) is 0 Å². The standard InChI is InChI=1S/C13H13FN4O4S/c1-7-5-9(15-17(7)2)8-3-4-10(19)13(12(8)14)18-6-11(20)16-23(18,21)22/h3-5,19H,6H2,1-2H3,(H,16,20). The third-order valence-corrected chi connectivity index (χ3v) is 4.93. The van der Waals surface area contributed by atoms with E-state index < -0.39 is 39.9 Å². The minimum absolute atomic E-state index is 0.0241. The highest BCUT2D eigenvalue weighted by Gasteiger charge is 2.38. The fourth-order valence-electron chi connectivity index (χ4n) is 2.33. The number of aromatic hydroxyl groups is 1. The molecule has 1 aliphatic rings. The molecule has 0 unspecified atom stereocenters. The van der Waals surface area contributed by atoms with E-state index in [2.05, 4.69) is 5.10 Å². The highest BCUT2D eigenvalue weighted by atomic mass is 32.2. The Labute approximate surface area is 131 Å². The van der Waals surface area contributed by atoms with Gasteiger partial charge in [0.25, 0.3) is 5.91 Å². The molecule has 8 nitrogen and oxygen atoms in total. The monoisotopic (exact) mass is 340 g/mol. The van der Waals surface area contributed by atoms with Crippen LogP contribution in [0.1, 0.15) is 5.69 Å². The predicted molar refractivity (Wildman–Crippen MR) is 79.4 cm³/mol. The van der Waals surface area contributed by atoms with E-state index in [1.165, 1.54) is 6.07 Å². The average Bonchev–Trinajstić information content (AvgIpc) is 2.89. The summed E-state index contributed by atoms with van der Waals surface area (Å²) in [6.45, 7) is 1.18. The number of hydrogen-bond acceptors (Lipinski definition) is 5. The molecule has 0 radical (unpaired) electrons. The summed E-state index contributed by atoms with van der Waals surface area (Å²) in [6, 6.07) is 4.09. The molecule has 2 aromatic rings. The van der Waals surface area contributed by atoms with Crippen molar-refractivity contribution in [2.45, 2.75) is 6.92 Å². The fourth-order valence-corrected chi connectivity index (χ4v) is 3.49. The Morgan fingerprint density at radius 3 is 2.61 bits per heavy atom. The van der Waals surface area contributed by atoms with Crippen molar-refractivity contribution in [1.82, 2.24) is 14.5 Å². The van der Waals surface area contributed by atoms with Gasteiger partial charge in [-0.2, -0.15) is 13.5 Å². The number of halogens is 1. The van der Waals surface area contributed by atoms with Crippen LogP contribution >= 0.6 is 0 Å². The highest BCUT2D eigenvalue weighted by Crippen LogP contribution is 2.38. The third kappa shape index (κ3) is 2.40. The van der Waals surface area contributed by atoms with Gasteiger partial charge in [0.05, 0.1) is 5.69 Å². The summed E-state index contributed by atoms with van der Waals surface area (Å²) in [5.41, 5.74) is 0.513. The maximum absolute atomic E-state index is 14.8. The average molecular weight is 340 g/mol. The van der Waals surface area contributed by atoms with Gasteiger partial charge in [0.1, 0.15) is 18.0 Å². The van der Waals surface area contributed by atoms with Gasteiger partial charge in [-0.1, -0.05) is 0 Å². The molecule has 0 bridgehead atoms. The van der Waals surface area contributed by atoms with E-state index in [-0.39, 0.29) is 5.56 Å². The van der Waals surface area contributed by atoms with E-state index in [0.717, 1.165) is 11.8 Å². The molecule has 1 aromatic carbocycles. The molecule has 0 atom stereocenters. The number of aromatic nitrogens is 2. The number of anilines is 1. The Morgan fingerprint density at radius 2 is 2.09 bits per heavy atom. The van der Waals surface area contributed by atoms with Crippen molar-refractivity contribution in [3.05, 3.63) is 29.7 Å². The van der Waals surface area contributed by atoms with Gasteiger partial charge in [-0.3, -0.25) is 9.48 Å². The number of benzene rings is 1. The van der Waals surface area contributed by atoms with Crippen LogP contribution in [-0.4, -0.2) is 35.8 Å². The summed E-state index contributed by atoms with van der Waals surface area (Å²) in [5, 5.41) is 14.0. The zero-order valence-electron chi connectivity index (χ0n) is 12.2. The minimum atomic E-state index is -4.23. The van der Waals surface area contributed by atoms with Crippen molar-refractivity contribution in [3.63, 3.8) is 0 Å². The molecule has 1 fully saturated rings. The van der Waals surface area contributed by atoms with Crippen LogP contribution in [0.5, 0.6) is 5.75 Å². The van der Waals surface area contributed by atoms with Gasteiger partial charge in [-0.05, 0) is 25.1 Å². The second-order valence-electron chi connectivity index (χ2n) is 5.13. The van der Waals surface area contributed by atoms with Gasteiger partial charge in [0, 0.05) is 18.3 Å². The molecule has 2 heterocycles. The Kier molecular flexibility index (Phi) is 3.29. The normalized spacial score (nSPS) is 16.7. The molecule has 3 rings (SSSR count). The lowest BCUT2D eigenvalue weighted by atomic mass is 10.1. The largest absolute Gasteiger partial charge is 0.506 e. The summed E-state index contributed by atoms with van der Waals surface area (Å²) in [5.74, 6) is -2.36. The topological polar surface area (TPSA) is 105 Å². The Balaban J connectivity index is 2.19. The van der Waals surface area contributed by atoms with Gasteiger partial charge >= 0.3 is 10.2 Å². The summed E-state index contributed by atoms with van der Waals surface area (Å²) >= 11 is 0. The van der Waals surface area contributed by atoms with Crippen LogP contribution in [0.4, 0.5) is 10.1 Å². The number of carbonyl (C=O) groups is 1. The van der Waals surface area contributed by atoms with Crippen molar-refractivity contribution in [2.75, 3.05) is 10.8 Å². The zero-order valence-corrected chi connectivity index (χ0v) is 13.1. The molecule has 0 saturated carbocycles. The van der Waals surface area contributed by atoms with Crippen LogP contribution in [0, 0.1) is 12.7 Å². The minimum Gasteiger partial charge on any atom is -0.506 e. The van der Waals surface area contributed by atoms with E-state index in [1.807, 2.05) is 0 Å². The van der Waals surface area contributed by atoms with Crippen LogP contribution < -0.4 is 9.03 Å². The SMILES string of the molecule is Cc1cc(-c2ccc(O)c(N3CC(=O)NS3(=O)=O)c2F)nn1C. The first-order valence-corrected chi connectivity index (χ1v) is 8.00. The molecule has 1 aromatic heterocycles. The van der Waals surface area contributed by atoms with Gasteiger partial charge in [0.15, 0.2) is 5.82 Å². The number of carbonyl (C=O) groups excluding carboxylic acids is 1. The molecular weight excluding hydrogens is 327 g/mol. The lowest BCUT2D eigenvalue weighted by molar-refractivity contribution is -0.117. The first-order valence-electron chi connectivity index (χ1n) is 6.56. The molecule has 1 amide bonds. The summed E-state index contributed by atoms with van der Waals surface area (Å²) in [7, 11) is -2.54. The number of nitrogens with zero attached hydrogens (tertiary/aromatic N) is 3. The maximum Gasteiger partial charge on any atom is 0.326 e. The van der Waals surface area contributed by atoms with Gasteiger partial charge in [-0.15, -0.1) is 0 Å². The van der Waals surface area contributed by atoms with Crippen molar-refractivity contribution >= 4 is 21.8 Å². The summed E-state index contributed by atoms with van der Waals surface area (Å²) in [4.78, 5) is 11.3. The molecule has 1 aliphatic heterocycles. The van der Waals surface area contributed by atoms with E-state index >= 15 is 0 Å². The smallest absolute Gasteiger partial charge is 0.326 e. The quantitative estimate of drug-likeness (QED) is 0.824. The predicted octanol–water partition coefficient (Wildman–Crippen LogP) is 0.421. The Hall–Kier alpha value is -2.62. The number of nitrogens with one attached hydrogen (secondary N) is 1. The van der Waals surface area contributed by atoms with Crippen molar-refractivity contribution in [3.8, 4) is 17.0 Å². The van der Waals surface area contributed by atoms with Crippen LogP contribution in [0.25, 0.3) is 11.3 Å². The number of phenols is 1. The third-order valence-electron chi connectivity index (χ3n) is 3.55. The highest BCUT2D eigenvalue weighted by molar-refractivity contribution is 7.92.